The van der Waals surface area contributed by atoms with Gasteiger partial charge in [-0.3, -0.25) is 9.59 Å². The van der Waals surface area contributed by atoms with Crippen LogP contribution in [-0.4, -0.2) is 35.3 Å². The number of carbonyl (C=O) groups is 3. The Hall–Kier alpha value is -3.24. The quantitative estimate of drug-likeness (QED) is 0.475. The summed E-state index contributed by atoms with van der Waals surface area (Å²) in [6.45, 7) is -0.300. The average Bonchev–Trinajstić information content (AvgIpc) is 3.05. The monoisotopic (exact) mass is 465 g/mol. The van der Waals surface area contributed by atoms with E-state index in [0.717, 1.165) is 17.7 Å². The van der Waals surface area contributed by atoms with E-state index in [1.165, 1.54) is 4.90 Å². The largest absolute Gasteiger partial charge is 0.410 e. The van der Waals surface area contributed by atoms with Gasteiger partial charge in [-0.25, -0.2) is 13.6 Å². The van der Waals surface area contributed by atoms with Crippen molar-refractivity contribution < 1.29 is 33.0 Å². The van der Waals surface area contributed by atoms with E-state index in [4.69, 9.17) is 16.3 Å². The third kappa shape index (κ3) is 4.11. The Morgan fingerprint density at radius 1 is 1.25 bits per heavy atom. The zero-order valence-electron chi connectivity index (χ0n) is 16.6. The number of amides is 3. The molecule has 1 fully saturated rings. The van der Waals surface area contributed by atoms with Gasteiger partial charge in [0.05, 0.1) is 0 Å². The number of hydrogen-bond acceptors (Lipinski definition) is 5. The summed E-state index contributed by atoms with van der Waals surface area (Å²) in [6.07, 6.45) is -0.485. The van der Waals surface area contributed by atoms with Crippen LogP contribution in [0.3, 0.4) is 0 Å². The molecule has 4 rings (SSSR count). The lowest BCUT2D eigenvalue weighted by atomic mass is 10.0. The standard InChI is InChI=1S/C21H18ClF2N3O5/c22-17-14(23)4-1-12(18(17)24)10-25-20(30)32-21(31)7-8-27(19(21)29)13-3-5-15-11(9-13)2-6-16(28)26-15/h1,3-5,9,31H,2,6-8,10H2,(H,25,30)(H,26,28)/t21-/m0/s1. The summed E-state index contributed by atoms with van der Waals surface area (Å²) >= 11 is 5.50. The number of anilines is 2. The molecule has 32 heavy (non-hydrogen) atoms. The molecule has 0 bridgehead atoms. The lowest BCUT2D eigenvalue weighted by Gasteiger charge is -2.24. The number of carbonyl (C=O) groups excluding carboxylic acids is 3. The number of ether oxygens (including phenoxy) is 1. The lowest BCUT2D eigenvalue weighted by molar-refractivity contribution is -0.175. The van der Waals surface area contributed by atoms with Crippen LogP contribution in [0.4, 0.5) is 25.0 Å². The zero-order chi connectivity index (χ0) is 23.0. The summed E-state index contributed by atoms with van der Waals surface area (Å²) in [7, 11) is 0. The van der Waals surface area contributed by atoms with Crippen LogP contribution < -0.4 is 15.5 Å². The summed E-state index contributed by atoms with van der Waals surface area (Å²) in [4.78, 5) is 37.7. The Kier molecular flexibility index (Phi) is 5.74. The van der Waals surface area contributed by atoms with Crippen LogP contribution in [0.2, 0.25) is 5.02 Å². The van der Waals surface area contributed by atoms with Crippen LogP contribution in [0.1, 0.15) is 24.0 Å². The van der Waals surface area contributed by atoms with Crippen molar-refractivity contribution in [2.45, 2.75) is 31.6 Å². The van der Waals surface area contributed by atoms with Crippen LogP contribution in [0.5, 0.6) is 0 Å². The maximum absolute atomic E-state index is 13.9. The molecule has 2 aliphatic heterocycles. The molecule has 168 valence electrons. The zero-order valence-corrected chi connectivity index (χ0v) is 17.3. The van der Waals surface area contributed by atoms with Crippen molar-refractivity contribution in [3.05, 3.63) is 58.1 Å². The van der Waals surface area contributed by atoms with E-state index in [-0.39, 0.29) is 24.4 Å². The predicted molar refractivity (Wildman–Crippen MR) is 110 cm³/mol. The fourth-order valence-electron chi connectivity index (χ4n) is 3.62. The molecule has 1 saturated heterocycles. The number of rotatable bonds is 4. The number of alkyl carbamates (subject to hydrolysis) is 1. The van der Waals surface area contributed by atoms with E-state index in [0.29, 0.717) is 24.2 Å². The first-order valence-electron chi connectivity index (χ1n) is 9.74. The van der Waals surface area contributed by atoms with Gasteiger partial charge in [-0.15, -0.1) is 0 Å². The summed E-state index contributed by atoms with van der Waals surface area (Å²) in [6, 6.07) is 7.08. The second-order valence-corrected chi connectivity index (χ2v) is 7.84. The van der Waals surface area contributed by atoms with Gasteiger partial charge < -0.3 is 25.4 Å². The Labute approximate surface area is 186 Å². The molecule has 0 unspecified atom stereocenters. The van der Waals surface area contributed by atoms with Gasteiger partial charge in [-0.1, -0.05) is 17.7 Å². The molecule has 0 radical (unpaired) electrons. The first kappa shape index (κ1) is 22.0. The van der Waals surface area contributed by atoms with Gasteiger partial charge in [-0.2, -0.15) is 0 Å². The predicted octanol–water partition coefficient (Wildman–Crippen LogP) is 2.85. The molecule has 0 saturated carbocycles. The number of benzene rings is 2. The first-order chi connectivity index (χ1) is 15.2. The highest BCUT2D eigenvalue weighted by atomic mass is 35.5. The third-order valence-electron chi connectivity index (χ3n) is 5.35. The molecule has 2 heterocycles. The Morgan fingerprint density at radius 2 is 2.03 bits per heavy atom. The molecule has 3 N–H and O–H groups in total. The molecule has 3 amide bonds. The van der Waals surface area contributed by atoms with Gasteiger partial charge in [0.25, 0.3) is 11.7 Å². The van der Waals surface area contributed by atoms with Crippen molar-refractivity contribution >= 4 is 40.9 Å². The van der Waals surface area contributed by atoms with Crippen LogP contribution >= 0.6 is 11.6 Å². The Morgan fingerprint density at radius 3 is 2.81 bits per heavy atom. The third-order valence-corrected chi connectivity index (χ3v) is 5.70. The van der Waals surface area contributed by atoms with E-state index >= 15 is 0 Å². The molecular formula is C21H18ClF2N3O5. The van der Waals surface area contributed by atoms with E-state index in [9.17, 15) is 28.3 Å². The van der Waals surface area contributed by atoms with Crippen molar-refractivity contribution in [1.82, 2.24) is 5.32 Å². The number of fused-ring (bicyclic) bond motifs is 1. The van der Waals surface area contributed by atoms with Crippen molar-refractivity contribution in [2.75, 3.05) is 16.8 Å². The minimum atomic E-state index is -2.40. The maximum atomic E-state index is 13.9. The normalized spacial score (nSPS) is 20.1. The highest BCUT2D eigenvalue weighted by Crippen LogP contribution is 2.33. The highest BCUT2D eigenvalue weighted by molar-refractivity contribution is 6.30. The molecule has 1 atom stereocenters. The average molecular weight is 466 g/mol. The maximum Gasteiger partial charge on any atom is 0.410 e. The summed E-state index contributed by atoms with van der Waals surface area (Å²) in [5.41, 5.74) is 1.91. The summed E-state index contributed by atoms with van der Waals surface area (Å²) in [5.74, 6) is -5.28. The van der Waals surface area contributed by atoms with E-state index in [1.54, 1.807) is 18.2 Å². The molecule has 0 aromatic heterocycles. The number of halogens is 3. The Bertz CT molecular complexity index is 1130. The summed E-state index contributed by atoms with van der Waals surface area (Å²) < 4.78 is 32.1. The number of aliphatic hydroxyl groups is 1. The van der Waals surface area contributed by atoms with Crippen molar-refractivity contribution in [3.8, 4) is 0 Å². The molecule has 8 nitrogen and oxygen atoms in total. The number of nitrogens with zero attached hydrogens (tertiary/aromatic N) is 1. The van der Waals surface area contributed by atoms with Crippen LogP contribution in [-0.2, 0) is 27.3 Å². The number of hydrogen-bond donors (Lipinski definition) is 3. The fraction of sp³-hybridized carbons (Fsp3) is 0.286. The van der Waals surface area contributed by atoms with Crippen molar-refractivity contribution in [2.24, 2.45) is 0 Å². The molecule has 2 aromatic rings. The van der Waals surface area contributed by atoms with Crippen molar-refractivity contribution in [3.63, 3.8) is 0 Å². The van der Waals surface area contributed by atoms with E-state index < -0.39 is 41.0 Å². The molecule has 2 aromatic carbocycles. The van der Waals surface area contributed by atoms with Crippen molar-refractivity contribution in [1.29, 1.82) is 0 Å². The Balaban J connectivity index is 1.41. The second-order valence-electron chi connectivity index (χ2n) is 7.46. The highest BCUT2D eigenvalue weighted by Gasteiger charge is 2.49. The number of nitrogens with one attached hydrogen (secondary N) is 2. The first-order valence-corrected chi connectivity index (χ1v) is 10.1. The van der Waals surface area contributed by atoms with Crippen LogP contribution in [0, 0.1) is 11.6 Å². The van der Waals surface area contributed by atoms with Gasteiger partial charge >= 0.3 is 6.09 Å². The molecular weight excluding hydrogens is 448 g/mol. The minimum Gasteiger partial charge on any atom is -0.407 e. The smallest absolute Gasteiger partial charge is 0.407 e. The van der Waals surface area contributed by atoms with Gasteiger partial charge in [0, 0.05) is 42.9 Å². The molecule has 0 aliphatic carbocycles. The second kappa shape index (κ2) is 8.36. The lowest BCUT2D eigenvalue weighted by Crippen LogP contribution is -2.46. The fourth-order valence-corrected chi connectivity index (χ4v) is 3.81. The van der Waals surface area contributed by atoms with Gasteiger partial charge in [0.15, 0.2) is 0 Å². The van der Waals surface area contributed by atoms with Gasteiger partial charge in [0.2, 0.25) is 5.91 Å². The minimum absolute atomic E-state index is 0.0842. The topological polar surface area (TPSA) is 108 Å². The van der Waals surface area contributed by atoms with Gasteiger partial charge in [-0.05, 0) is 36.2 Å². The van der Waals surface area contributed by atoms with Gasteiger partial charge in [0.1, 0.15) is 16.7 Å². The molecule has 0 spiro atoms. The molecule has 11 heteroatoms. The summed E-state index contributed by atoms with van der Waals surface area (Å²) in [5, 5.41) is 14.8. The van der Waals surface area contributed by atoms with E-state index in [2.05, 4.69) is 10.6 Å². The SMILES string of the molecule is O=C1CCc2cc(N3CC[C@](O)(OC(=O)NCc4ccc(F)c(Cl)c4F)C3=O)ccc2N1. The van der Waals surface area contributed by atoms with E-state index in [1.807, 2.05) is 0 Å². The number of aryl methyl sites for hydroxylation is 1. The van der Waals surface area contributed by atoms with Crippen LogP contribution in [0.15, 0.2) is 30.3 Å². The molecule has 2 aliphatic rings. The van der Waals surface area contributed by atoms with Crippen LogP contribution in [0.25, 0.3) is 0 Å².